The molecule has 0 aliphatic carbocycles. The van der Waals surface area contributed by atoms with E-state index in [0.29, 0.717) is 30.2 Å². The number of amides is 2. The quantitative estimate of drug-likeness (QED) is 0.752. The molecule has 2 amide bonds. The van der Waals surface area contributed by atoms with Gasteiger partial charge in [0.15, 0.2) is 0 Å². The maximum atomic E-state index is 12.2. The summed E-state index contributed by atoms with van der Waals surface area (Å²) in [6, 6.07) is 3.22. The van der Waals surface area contributed by atoms with Gasteiger partial charge in [0.25, 0.3) is 5.91 Å². The Morgan fingerprint density at radius 2 is 2.11 bits per heavy atom. The highest BCUT2D eigenvalue weighted by Gasteiger charge is 2.25. The van der Waals surface area contributed by atoms with Crippen LogP contribution in [0, 0.1) is 6.92 Å². The Balaban J connectivity index is 2.18. The third kappa shape index (κ3) is 2.42. The molecule has 0 radical (unpaired) electrons. The highest BCUT2D eigenvalue weighted by Crippen LogP contribution is 2.12. The molecule has 0 bridgehead atoms. The number of pyridine rings is 1. The molecule has 0 aromatic carbocycles. The average Bonchev–Trinajstić information content (AvgIpc) is 2.30. The van der Waals surface area contributed by atoms with Crippen LogP contribution in [0.25, 0.3) is 0 Å². The zero-order valence-corrected chi connectivity index (χ0v) is 10.5. The molecule has 0 saturated carbocycles. The van der Waals surface area contributed by atoms with E-state index < -0.39 is 0 Å². The smallest absolute Gasteiger partial charge is 0.254 e. The predicted octanol–water partition coefficient (Wildman–Crippen LogP) is -0.114. The molecule has 1 saturated heterocycles. The third-order valence-corrected chi connectivity index (χ3v) is 2.96. The molecule has 0 unspecified atom stereocenters. The van der Waals surface area contributed by atoms with Crippen LogP contribution in [0.4, 0.5) is 5.82 Å². The Hall–Kier alpha value is -2.11. The topological polar surface area (TPSA) is 79.5 Å². The number of aryl methyl sites for hydroxylation is 1. The van der Waals surface area contributed by atoms with Crippen LogP contribution in [0.2, 0.25) is 0 Å². The van der Waals surface area contributed by atoms with Crippen LogP contribution < -0.4 is 5.73 Å². The van der Waals surface area contributed by atoms with Gasteiger partial charge >= 0.3 is 0 Å². The van der Waals surface area contributed by atoms with E-state index in [9.17, 15) is 9.59 Å². The first kappa shape index (κ1) is 12.3. The second-order valence-corrected chi connectivity index (χ2v) is 4.46. The number of hydrogen-bond donors (Lipinski definition) is 1. The van der Waals surface area contributed by atoms with Crippen molar-refractivity contribution in [3.8, 4) is 0 Å². The molecule has 6 nitrogen and oxygen atoms in total. The lowest BCUT2D eigenvalue weighted by molar-refractivity contribution is -0.133. The van der Waals surface area contributed by atoms with E-state index in [1.165, 1.54) is 11.0 Å². The van der Waals surface area contributed by atoms with Gasteiger partial charge in [0.1, 0.15) is 12.4 Å². The maximum absolute atomic E-state index is 12.2. The van der Waals surface area contributed by atoms with Gasteiger partial charge in [0.2, 0.25) is 5.91 Å². The lowest BCUT2D eigenvalue weighted by Crippen LogP contribution is -2.50. The number of nitrogen functional groups attached to an aromatic ring is 1. The van der Waals surface area contributed by atoms with Crippen molar-refractivity contribution >= 4 is 17.6 Å². The molecular formula is C12H16N4O2. The van der Waals surface area contributed by atoms with E-state index in [1.807, 2.05) is 0 Å². The van der Waals surface area contributed by atoms with Crippen molar-refractivity contribution < 1.29 is 9.59 Å². The van der Waals surface area contributed by atoms with E-state index in [0.717, 1.165) is 0 Å². The first-order valence-electron chi connectivity index (χ1n) is 5.75. The standard InChI is InChI=1S/C12H16N4O2/c1-8-5-9(6-10(13)14-8)12(18)16-4-3-15(2)11(17)7-16/h5-6H,3-4,7H2,1-2H3,(H2,13,14). The summed E-state index contributed by atoms with van der Waals surface area (Å²) in [5.41, 5.74) is 6.80. The number of anilines is 1. The van der Waals surface area contributed by atoms with Gasteiger partial charge in [-0.3, -0.25) is 9.59 Å². The summed E-state index contributed by atoms with van der Waals surface area (Å²) < 4.78 is 0. The number of rotatable bonds is 1. The molecule has 2 rings (SSSR count). The predicted molar refractivity (Wildman–Crippen MR) is 66.9 cm³/mol. The van der Waals surface area contributed by atoms with Gasteiger partial charge < -0.3 is 15.5 Å². The molecule has 1 aromatic rings. The van der Waals surface area contributed by atoms with E-state index in [2.05, 4.69) is 4.98 Å². The van der Waals surface area contributed by atoms with Crippen LogP contribution in [0.15, 0.2) is 12.1 Å². The van der Waals surface area contributed by atoms with Crippen molar-refractivity contribution in [2.75, 3.05) is 32.4 Å². The van der Waals surface area contributed by atoms with Crippen LogP contribution in [-0.2, 0) is 4.79 Å². The van der Waals surface area contributed by atoms with E-state index in [-0.39, 0.29) is 18.4 Å². The fourth-order valence-electron chi connectivity index (χ4n) is 1.93. The summed E-state index contributed by atoms with van der Waals surface area (Å²) >= 11 is 0. The zero-order valence-electron chi connectivity index (χ0n) is 10.5. The number of nitrogens with zero attached hydrogens (tertiary/aromatic N) is 3. The summed E-state index contributed by atoms with van der Waals surface area (Å²) in [5, 5.41) is 0. The molecule has 1 aliphatic heterocycles. The first-order valence-corrected chi connectivity index (χ1v) is 5.75. The number of carbonyl (C=O) groups excluding carboxylic acids is 2. The molecule has 6 heteroatoms. The molecular weight excluding hydrogens is 232 g/mol. The van der Waals surface area contributed by atoms with Crippen molar-refractivity contribution in [3.63, 3.8) is 0 Å². The molecule has 18 heavy (non-hydrogen) atoms. The first-order chi connectivity index (χ1) is 8.47. The van der Waals surface area contributed by atoms with Crippen LogP contribution in [0.1, 0.15) is 16.1 Å². The summed E-state index contributed by atoms with van der Waals surface area (Å²) in [4.78, 5) is 31.0. The number of nitrogens with two attached hydrogens (primary N) is 1. The lowest BCUT2D eigenvalue weighted by atomic mass is 10.2. The molecule has 2 N–H and O–H groups in total. The SMILES string of the molecule is Cc1cc(C(=O)N2CCN(C)C(=O)C2)cc(N)n1. The summed E-state index contributed by atoms with van der Waals surface area (Å²) in [5.74, 6) is 0.0980. The minimum absolute atomic E-state index is 0.0478. The molecule has 1 aromatic heterocycles. The van der Waals surface area contributed by atoms with E-state index >= 15 is 0 Å². The number of piperazine rings is 1. The van der Waals surface area contributed by atoms with Crippen LogP contribution in [0.5, 0.6) is 0 Å². The Labute approximate surface area is 105 Å². The molecule has 0 atom stereocenters. The molecule has 1 fully saturated rings. The highest BCUT2D eigenvalue weighted by molar-refractivity contribution is 5.97. The molecule has 2 heterocycles. The van der Waals surface area contributed by atoms with Gasteiger partial charge in [0, 0.05) is 31.4 Å². The monoisotopic (exact) mass is 248 g/mol. The Bertz CT molecular complexity index is 481. The van der Waals surface area contributed by atoms with Crippen LogP contribution in [0.3, 0.4) is 0 Å². The summed E-state index contributed by atoms with van der Waals surface area (Å²) in [6.07, 6.45) is 0. The minimum atomic E-state index is -0.173. The maximum Gasteiger partial charge on any atom is 0.254 e. The summed E-state index contributed by atoms with van der Waals surface area (Å²) in [7, 11) is 1.73. The Morgan fingerprint density at radius 1 is 1.39 bits per heavy atom. The van der Waals surface area contributed by atoms with Crippen molar-refractivity contribution in [1.82, 2.24) is 14.8 Å². The van der Waals surface area contributed by atoms with Gasteiger partial charge in [-0.1, -0.05) is 0 Å². The van der Waals surface area contributed by atoms with Crippen LogP contribution in [-0.4, -0.2) is 53.3 Å². The van der Waals surface area contributed by atoms with Crippen LogP contribution >= 0.6 is 0 Å². The number of carbonyl (C=O) groups is 2. The summed E-state index contributed by atoms with van der Waals surface area (Å²) in [6.45, 7) is 3.01. The zero-order chi connectivity index (χ0) is 13.3. The van der Waals surface area contributed by atoms with Gasteiger partial charge in [-0.15, -0.1) is 0 Å². The van der Waals surface area contributed by atoms with Gasteiger partial charge in [-0.05, 0) is 19.1 Å². The Kier molecular flexibility index (Phi) is 3.18. The fraction of sp³-hybridized carbons (Fsp3) is 0.417. The van der Waals surface area contributed by atoms with Gasteiger partial charge in [0.05, 0.1) is 0 Å². The number of hydrogen-bond acceptors (Lipinski definition) is 4. The lowest BCUT2D eigenvalue weighted by Gasteiger charge is -2.32. The fourth-order valence-corrected chi connectivity index (χ4v) is 1.93. The van der Waals surface area contributed by atoms with Crippen molar-refractivity contribution in [2.45, 2.75) is 6.92 Å². The van der Waals surface area contributed by atoms with Crippen molar-refractivity contribution in [1.29, 1.82) is 0 Å². The van der Waals surface area contributed by atoms with Gasteiger partial charge in [-0.2, -0.15) is 0 Å². The van der Waals surface area contributed by atoms with E-state index in [4.69, 9.17) is 5.73 Å². The number of likely N-dealkylation sites (N-methyl/N-ethyl adjacent to an activating group) is 1. The number of aromatic nitrogens is 1. The normalized spacial score (nSPS) is 16.0. The average molecular weight is 248 g/mol. The molecule has 1 aliphatic rings. The van der Waals surface area contributed by atoms with Crippen molar-refractivity contribution in [3.05, 3.63) is 23.4 Å². The Morgan fingerprint density at radius 3 is 2.72 bits per heavy atom. The van der Waals surface area contributed by atoms with E-state index in [1.54, 1.807) is 24.9 Å². The van der Waals surface area contributed by atoms with Gasteiger partial charge in [-0.25, -0.2) is 4.98 Å². The largest absolute Gasteiger partial charge is 0.384 e. The van der Waals surface area contributed by atoms with Crippen molar-refractivity contribution in [2.24, 2.45) is 0 Å². The second kappa shape index (κ2) is 4.64. The highest BCUT2D eigenvalue weighted by atomic mass is 16.2. The third-order valence-electron chi connectivity index (χ3n) is 2.96. The minimum Gasteiger partial charge on any atom is -0.384 e. The molecule has 0 spiro atoms. The molecule has 96 valence electrons. The second-order valence-electron chi connectivity index (χ2n) is 4.46.